The maximum Gasteiger partial charge on any atom is 0.359 e. The van der Waals surface area contributed by atoms with Crippen LogP contribution in [0.2, 0.25) is 0 Å². The standard InChI is InChI=1S/C11H10N2O3S/c1-13-5-4-8(12-13)11(15)16-7-9(14)10-3-2-6-17-10/h2-6H,7H2,1H3. The minimum absolute atomic E-state index is 0.200. The van der Waals surface area contributed by atoms with Gasteiger partial charge in [-0.05, 0) is 17.5 Å². The average Bonchev–Trinajstić information content (AvgIpc) is 2.95. The van der Waals surface area contributed by atoms with E-state index >= 15 is 0 Å². The Kier molecular flexibility index (Phi) is 3.34. The Labute approximate surface area is 102 Å². The smallest absolute Gasteiger partial charge is 0.359 e. The number of carbonyl (C=O) groups is 2. The van der Waals surface area contributed by atoms with Crippen molar-refractivity contribution in [2.24, 2.45) is 7.05 Å². The van der Waals surface area contributed by atoms with E-state index in [-0.39, 0.29) is 18.1 Å². The highest BCUT2D eigenvalue weighted by Gasteiger charge is 2.14. The van der Waals surface area contributed by atoms with Gasteiger partial charge in [0.15, 0.2) is 12.3 Å². The quantitative estimate of drug-likeness (QED) is 0.609. The zero-order valence-corrected chi connectivity index (χ0v) is 9.94. The summed E-state index contributed by atoms with van der Waals surface area (Å²) in [4.78, 5) is 23.6. The largest absolute Gasteiger partial charge is 0.452 e. The number of ether oxygens (including phenoxy) is 1. The van der Waals surface area contributed by atoms with E-state index in [0.717, 1.165) is 0 Å². The summed E-state index contributed by atoms with van der Waals surface area (Å²) >= 11 is 1.32. The Morgan fingerprint density at radius 2 is 2.29 bits per heavy atom. The van der Waals surface area contributed by atoms with Crippen LogP contribution < -0.4 is 0 Å². The molecule has 0 atom stereocenters. The third-order valence-electron chi connectivity index (χ3n) is 2.05. The molecule has 0 N–H and O–H groups in total. The molecule has 2 heterocycles. The van der Waals surface area contributed by atoms with Crippen molar-refractivity contribution < 1.29 is 14.3 Å². The van der Waals surface area contributed by atoms with Gasteiger partial charge in [-0.3, -0.25) is 9.48 Å². The van der Waals surface area contributed by atoms with Crippen LogP contribution in [-0.2, 0) is 11.8 Å². The van der Waals surface area contributed by atoms with Crippen molar-refractivity contribution in [3.8, 4) is 0 Å². The molecule has 0 aliphatic heterocycles. The molecule has 0 spiro atoms. The Morgan fingerprint density at radius 3 is 2.88 bits per heavy atom. The van der Waals surface area contributed by atoms with E-state index in [4.69, 9.17) is 4.74 Å². The molecule has 2 aromatic heterocycles. The molecule has 2 rings (SSSR count). The van der Waals surface area contributed by atoms with E-state index in [9.17, 15) is 9.59 Å². The summed E-state index contributed by atoms with van der Waals surface area (Å²) in [6, 6.07) is 5.01. The van der Waals surface area contributed by atoms with Crippen molar-refractivity contribution in [3.63, 3.8) is 0 Å². The molecule has 88 valence electrons. The number of carbonyl (C=O) groups excluding carboxylic acids is 2. The predicted molar refractivity (Wildman–Crippen MR) is 62.1 cm³/mol. The lowest BCUT2D eigenvalue weighted by Crippen LogP contribution is -2.14. The van der Waals surface area contributed by atoms with Gasteiger partial charge in [-0.15, -0.1) is 11.3 Å². The van der Waals surface area contributed by atoms with Gasteiger partial charge in [0.05, 0.1) is 4.88 Å². The number of hydrogen-bond acceptors (Lipinski definition) is 5. The Morgan fingerprint density at radius 1 is 1.47 bits per heavy atom. The third kappa shape index (κ3) is 2.79. The van der Waals surface area contributed by atoms with Gasteiger partial charge in [0.25, 0.3) is 0 Å². The number of aryl methyl sites for hydroxylation is 1. The van der Waals surface area contributed by atoms with Crippen molar-refractivity contribution in [1.82, 2.24) is 9.78 Å². The van der Waals surface area contributed by atoms with E-state index in [1.807, 2.05) is 0 Å². The van der Waals surface area contributed by atoms with Crippen LogP contribution >= 0.6 is 11.3 Å². The topological polar surface area (TPSA) is 61.2 Å². The number of nitrogens with zero attached hydrogens (tertiary/aromatic N) is 2. The number of esters is 1. The van der Waals surface area contributed by atoms with Crippen molar-refractivity contribution in [3.05, 3.63) is 40.3 Å². The van der Waals surface area contributed by atoms with Gasteiger partial charge in [0.1, 0.15) is 0 Å². The summed E-state index contributed by atoms with van der Waals surface area (Å²) in [5.74, 6) is -0.792. The normalized spacial score (nSPS) is 10.2. The number of aromatic nitrogens is 2. The molecular weight excluding hydrogens is 240 g/mol. The van der Waals surface area contributed by atoms with Crippen LogP contribution in [0.3, 0.4) is 0 Å². The second-order valence-electron chi connectivity index (χ2n) is 3.35. The molecule has 0 unspecified atom stereocenters. The van der Waals surface area contributed by atoms with E-state index < -0.39 is 5.97 Å². The van der Waals surface area contributed by atoms with Gasteiger partial charge >= 0.3 is 5.97 Å². The first-order chi connectivity index (χ1) is 8.16. The van der Waals surface area contributed by atoms with Crippen molar-refractivity contribution in [2.45, 2.75) is 0 Å². The molecule has 6 heteroatoms. The molecule has 0 aliphatic rings. The molecule has 0 bridgehead atoms. The Hall–Kier alpha value is -1.95. The second-order valence-corrected chi connectivity index (χ2v) is 4.30. The first kappa shape index (κ1) is 11.5. The molecule has 0 saturated carbocycles. The molecule has 5 nitrogen and oxygen atoms in total. The number of hydrogen-bond donors (Lipinski definition) is 0. The molecule has 0 radical (unpaired) electrons. The van der Waals surface area contributed by atoms with Gasteiger partial charge < -0.3 is 4.74 Å². The molecule has 0 aliphatic carbocycles. The second kappa shape index (κ2) is 4.92. The van der Waals surface area contributed by atoms with E-state index in [0.29, 0.717) is 4.88 Å². The maximum absolute atomic E-state index is 11.6. The molecular formula is C11H10N2O3S. The van der Waals surface area contributed by atoms with Gasteiger partial charge in [0, 0.05) is 13.2 Å². The van der Waals surface area contributed by atoms with Crippen LogP contribution in [0.1, 0.15) is 20.2 Å². The van der Waals surface area contributed by atoms with Crippen LogP contribution in [0.4, 0.5) is 0 Å². The molecule has 0 amide bonds. The number of Topliss-reactive ketones (excluding diaryl/α,β-unsaturated/α-hetero) is 1. The van der Waals surface area contributed by atoms with E-state index in [1.165, 1.54) is 22.1 Å². The first-order valence-corrected chi connectivity index (χ1v) is 5.78. The van der Waals surface area contributed by atoms with Gasteiger partial charge in [-0.2, -0.15) is 5.10 Å². The van der Waals surface area contributed by atoms with Gasteiger partial charge in [-0.1, -0.05) is 6.07 Å². The zero-order valence-electron chi connectivity index (χ0n) is 9.12. The molecule has 0 fully saturated rings. The molecule has 17 heavy (non-hydrogen) atoms. The Balaban J connectivity index is 1.91. The average molecular weight is 250 g/mol. The summed E-state index contributed by atoms with van der Waals surface area (Å²) in [6.45, 7) is -0.254. The highest BCUT2D eigenvalue weighted by Crippen LogP contribution is 2.09. The number of thiophene rings is 1. The fourth-order valence-corrected chi connectivity index (χ4v) is 1.89. The van der Waals surface area contributed by atoms with Crippen LogP contribution in [0.15, 0.2) is 29.8 Å². The lowest BCUT2D eigenvalue weighted by Gasteiger charge is -2.00. The number of ketones is 1. The minimum atomic E-state index is -0.587. The van der Waals surface area contributed by atoms with Crippen LogP contribution in [0.25, 0.3) is 0 Å². The highest BCUT2D eigenvalue weighted by molar-refractivity contribution is 7.12. The SMILES string of the molecule is Cn1ccc(C(=O)OCC(=O)c2cccs2)n1. The van der Waals surface area contributed by atoms with Gasteiger partial charge in [0.2, 0.25) is 5.78 Å². The fourth-order valence-electron chi connectivity index (χ4n) is 1.24. The van der Waals surface area contributed by atoms with E-state index in [2.05, 4.69) is 5.10 Å². The summed E-state index contributed by atoms with van der Waals surface area (Å²) in [5.41, 5.74) is 0.200. The fraction of sp³-hybridized carbons (Fsp3) is 0.182. The summed E-state index contributed by atoms with van der Waals surface area (Å²) in [5, 5.41) is 5.68. The van der Waals surface area contributed by atoms with E-state index in [1.54, 1.807) is 30.8 Å². The zero-order chi connectivity index (χ0) is 12.3. The lowest BCUT2D eigenvalue weighted by atomic mass is 10.3. The minimum Gasteiger partial charge on any atom is -0.452 e. The van der Waals surface area contributed by atoms with Crippen molar-refractivity contribution in [2.75, 3.05) is 6.61 Å². The van der Waals surface area contributed by atoms with Crippen LogP contribution in [-0.4, -0.2) is 28.1 Å². The van der Waals surface area contributed by atoms with Crippen molar-refractivity contribution >= 4 is 23.1 Å². The lowest BCUT2D eigenvalue weighted by molar-refractivity contribution is 0.0469. The maximum atomic E-state index is 11.6. The summed E-state index contributed by atoms with van der Waals surface area (Å²) in [7, 11) is 1.70. The van der Waals surface area contributed by atoms with Crippen LogP contribution in [0.5, 0.6) is 0 Å². The predicted octanol–water partition coefficient (Wildman–Crippen LogP) is 1.52. The molecule has 0 saturated heterocycles. The van der Waals surface area contributed by atoms with Crippen LogP contribution in [0, 0.1) is 0 Å². The third-order valence-corrected chi connectivity index (χ3v) is 2.96. The van der Waals surface area contributed by atoms with Crippen molar-refractivity contribution in [1.29, 1.82) is 0 Å². The monoisotopic (exact) mass is 250 g/mol. The highest BCUT2D eigenvalue weighted by atomic mass is 32.1. The van der Waals surface area contributed by atoms with Gasteiger partial charge in [-0.25, -0.2) is 4.79 Å². The Bertz CT molecular complexity index is 531. The summed E-state index contributed by atoms with van der Waals surface area (Å²) in [6.07, 6.45) is 1.64. The molecule has 0 aromatic carbocycles. The summed E-state index contributed by atoms with van der Waals surface area (Å²) < 4.78 is 6.37. The first-order valence-electron chi connectivity index (χ1n) is 4.90. The number of rotatable bonds is 4. The molecule has 2 aromatic rings.